The van der Waals surface area contributed by atoms with E-state index in [4.69, 9.17) is 0 Å². The molecule has 0 amide bonds. The summed E-state index contributed by atoms with van der Waals surface area (Å²) in [5, 5.41) is 3.12. The van der Waals surface area contributed by atoms with Crippen LogP contribution in [0.2, 0.25) is 0 Å². The summed E-state index contributed by atoms with van der Waals surface area (Å²) in [5.41, 5.74) is 2.23. The fraction of sp³-hybridized carbons (Fsp3) is 0.400. The topological polar surface area (TPSA) is 42.2 Å². The molecule has 74 valence electrons. The van der Waals surface area contributed by atoms with E-state index >= 15 is 0 Å². The summed E-state index contributed by atoms with van der Waals surface area (Å²) in [6.07, 6.45) is 6.54. The molecule has 2 heterocycles. The van der Waals surface area contributed by atoms with E-state index in [0.29, 0.717) is 0 Å². The van der Waals surface area contributed by atoms with Gasteiger partial charge in [0.15, 0.2) is 0 Å². The SMILES string of the molecule is CNCCc1nc(C)n2ccncc12. The third-order valence-electron chi connectivity index (χ3n) is 2.31. The zero-order valence-electron chi connectivity index (χ0n) is 8.49. The Labute approximate surface area is 83.0 Å². The van der Waals surface area contributed by atoms with Gasteiger partial charge in [-0.2, -0.15) is 0 Å². The third kappa shape index (κ3) is 1.48. The van der Waals surface area contributed by atoms with E-state index in [1.807, 2.05) is 26.4 Å². The standard InChI is InChI=1S/C10H14N4/c1-8-13-9(3-4-11-2)10-7-12-5-6-14(8)10/h5-7,11H,3-4H2,1-2H3. The van der Waals surface area contributed by atoms with Crippen molar-refractivity contribution in [2.75, 3.05) is 13.6 Å². The van der Waals surface area contributed by atoms with Gasteiger partial charge in [0, 0.05) is 25.4 Å². The molecule has 0 aliphatic carbocycles. The quantitative estimate of drug-likeness (QED) is 0.778. The Morgan fingerprint density at radius 1 is 1.50 bits per heavy atom. The molecule has 4 nitrogen and oxygen atoms in total. The molecule has 1 N–H and O–H groups in total. The number of nitrogens with zero attached hydrogens (tertiary/aromatic N) is 3. The summed E-state index contributed by atoms with van der Waals surface area (Å²) in [4.78, 5) is 8.62. The lowest BCUT2D eigenvalue weighted by atomic mass is 10.3. The van der Waals surface area contributed by atoms with Crippen LogP contribution < -0.4 is 5.32 Å². The van der Waals surface area contributed by atoms with Crippen molar-refractivity contribution in [2.45, 2.75) is 13.3 Å². The van der Waals surface area contributed by atoms with E-state index in [0.717, 1.165) is 30.0 Å². The van der Waals surface area contributed by atoms with E-state index in [1.165, 1.54) is 0 Å². The number of nitrogens with one attached hydrogen (secondary N) is 1. The zero-order valence-corrected chi connectivity index (χ0v) is 8.49. The van der Waals surface area contributed by atoms with Crippen LogP contribution in [0.4, 0.5) is 0 Å². The van der Waals surface area contributed by atoms with Crippen molar-refractivity contribution in [3.8, 4) is 0 Å². The summed E-state index contributed by atoms with van der Waals surface area (Å²) in [5.74, 6) is 1.02. The Balaban J connectivity index is 2.44. The van der Waals surface area contributed by atoms with E-state index in [1.54, 1.807) is 6.20 Å². The van der Waals surface area contributed by atoms with Gasteiger partial charge in [0.05, 0.1) is 17.4 Å². The first-order valence-corrected chi connectivity index (χ1v) is 4.75. The van der Waals surface area contributed by atoms with Gasteiger partial charge in [-0.1, -0.05) is 0 Å². The molecule has 0 atom stereocenters. The number of rotatable bonds is 3. The van der Waals surface area contributed by atoms with Gasteiger partial charge >= 0.3 is 0 Å². The molecule has 0 aliphatic heterocycles. The van der Waals surface area contributed by atoms with Gasteiger partial charge in [0.25, 0.3) is 0 Å². The normalized spacial score (nSPS) is 11.0. The van der Waals surface area contributed by atoms with Crippen molar-refractivity contribution in [2.24, 2.45) is 0 Å². The second kappa shape index (κ2) is 3.75. The van der Waals surface area contributed by atoms with Gasteiger partial charge in [-0.15, -0.1) is 0 Å². The number of likely N-dealkylation sites (N-methyl/N-ethyl adjacent to an activating group) is 1. The maximum Gasteiger partial charge on any atom is 0.110 e. The fourth-order valence-electron chi connectivity index (χ4n) is 1.59. The molecule has 0 radical (unpaired) electrons. The highest BCUT2D eigenvalue weighted by molar-refractivity contribution is 5.51. The lowest BCUT2D eigenvalue weighted by Gasteiger charge is -1.96. The fourth-order valence-corrected chi connectivity index (χ4v) is 1.59. The van der Waals surface area contributed by atoms with Gasteiger partial charge < -0.3 is 9.72 Å². The van der Waals surface area contributed by atoms with Crippen LogP contribution in [0.1, 0.15) is 11.5 Å². The smallest absolute Gasteiger partial charge is 0.110 e. The maximum atomic E-state index is 4.51. The predicted octanol–water partition coefficient (Wildman–Crippen LogP) is 0.800. The van der Waals surface area contributed by atoms with Crippen molar-refractivity contribution >= 4 is 5.52 Å². The Bertz CT molecular complexity index is 433. The molecule has 14 heavy (non-hydrogen) atoms. The van der Waals surface area contributed by atoms with Crippen LogP contribution in [0.25, 0.3) is 5.52 Å². The second-order valence-electron chi connectivity index (χ2n) is 3.29. The average Bonchev–Trinajstić information content (AvgIpc) is 2.54. The predicted molar refractivity (Wildman–Crippen MR) is 55.4 cm³/mol. The lowest BCUT2D eigenvalue weighted by molar-refractivity contribution is 0.781. The number of hydrogen-bond acceptors (Lipinski definition) is 3. The summed E-state index contributed by atoms with van der Waals surface area (Å²) < 4.78 is 2.07. The van der Waals surface area contributed by atoms with Crippen LogP contribution in [-0.4, -0.2) is 28.0 Å². The van der Waals surface area contributed by atoms with Crippen molar-refractivity contribution in [1.29, 1.82) is 0 Å². The monoisotopic (exact) mass is 190 g/mol. The summed E-state index contributed by atoms with van der Waals surface area (Å²) in [7, 11) is 1.95. The summed E-state index contributed by atoms with van der Waals surface area (Å²) in [6.45, 7) is 2.96. The van der Waals surface area contributed by atoms with Gasteiger partial charge in [-0.05, 0) is 14.0 Å². The Hall–Kier alpha value is -1.42. The van der Waals surface area contributed by atoms with E-state index in [2.05, 4.69) is 19.7 Å². The molecule has 2 aromatic rings. The second-order valence-corrected chi connectivity index (χ2v) is 3.29. The molecule has 0 saturated carbocycles. The third-order valence-corrected chi connectivity index (χ3v) is 2.31. The van der Waals surface area contributed by atoms with Crippen LogP contribution in [0.5, 0.6) is 0 Å². The van der Waals surface area contributed by atoms with Crippen molar-refractivity contribution in [3.05, 3.63) is 30.1 Å². The zero-order chi connectivity index (χ0) is 9.97. The van der Waals surface area contributed by atoms with E-state index < -0.39 is 0 Å². The molecular weight excluding hydrogens is 176 g/mol. The maximum absolute atomic E-state index is 4.51. The summed E-state index contributed by atoms with van der Waals surface area (Å²) in [6, 6.07) is 0. The molecular formula is C10H14N4. The molecule has 0 fully saturated rings. The first-order chi connectivity index (χ1) is 6.83. The van der Waals surface area contributed by atoms with E-state index in [9.17, 15) is 0 Å². The molecule has 0 bridgehead atoms. The summed E-state index contributed by atoms with van der Waals surface area (Å²) >= 11 is 0. The van der Waals surface area contributed by atoms with Gasteiger partial charge in [0.2, 0.25) is 0 Å². The number of hydrogen-bond donors (Lipinski definition) is 1. The Kier molecular flexibility index (Phi) is 2.45. The number of fused-ring (bicyclic) bond motifs is 1. The highest BCUT2D eigenvalue weighted by Crippen LogP contribution is 2.11. The molecule has 2 rings (SSSR count). The minimum Gasteiger partial charge on any atom is -0.319 e. The Morgan fingerprint density at radius 2 is 2.36 bits per heavy atom. The van der Waals surface area contributed by atoms with Crippen molar-refractivity contribution in [3.63, 3.8) is 0 Å². The van der Waals surface area contributed by atoms with Crippen molar-refractivity contribution < 1.29 is 0 Å². The average molecular weight is 190 g/mol. The van der Waals surface area contributed by atoms with Gasteiger partial charge in [-0.25, -0.2) is 4.98 Å². The van der Waals surface area contributed by atoms with Gasteiger partial charge in [0.1, 0.15) is 5.82 Å². The molecule has 0 unspecified atom stereocenters. The molecule has 4 heteroatoms. The van der Waals surface area contributed by atoms with Crippen LogP contribution in [0.15, 0.2) is 18.6 Å². The largest absolute Gasteiger partial charge is 0.319 e. The molecule has 0 saturated heterocycles. The lowest BCUT2D eigenvalue weighted by Crippen LogP contribution is -2.10. The molecule has 0 aromatic carbocycles. The first kappa shape index (κ1) is 9.15. The van der Waals surface area contributed by atoms with E-state index in [-0.39, 0.29) is 0 Å². The number of aromatic nitrogens is 3. The number of aryl methyl sites for hydroxylation is 1. The van der Waals surface area contributed by atoms with Crippen molar-refractivity contribution in [1.82, 2.24) is 19.7 Å². The number of imidazole rings is 1. The van der Waals surface area contributed by atoms with Crippen LogP contribution in [0.3, 0.4) is 0 Å². The van der Waals surface area contributed by atoms with Crippen LogP contribution in [-0.2, 0) is 6.42 Å². The highest BCUT2D eigenvalue weighted by Gasteiger charge is 2.06. The minimum atomic E-state index is 0.944. The Morgan fingerprint density at radius 3 is 3.14 bits per heavy atom. The molecule has 0 aliphatic rings. The van der Waals surface area contributed by atoms with Gasteiger partial charge in [-0.3, -0.25) is 4.98 Å². The van der Waals surface area contributed by atoms with Crippen LogP contribution >= 0.6 is 0 Å². The molecule has 2 aromatic heterocycles. The highest BCUT2D eigenvalue weighted by atomic mass is 15.0. The van der Waals surface area contributed by atoms with Crippen LogP contribution in [0, 0.1) is 6.92 Å². The first-order valence-electron chi connectivity index (χ1n) is 4.75. The molecule has 0 spiro atoms. The minimum absolute atomic E-state index is 0.944.